The summed E-state index contributed by atoms with van der Waals surface area (Å²) in [6.45, 7) is 0.753. The van der Waals surface area contributed by atoms with Crippen LogP contribution in [0.3, 0.4) is 0 Å². The second-order valence-corrected chi connectivity index (χ2v) is 18.5. The Labute approximate surface area is 384 Å². The van der Waals surface area contributed by atoms with Crippen molar-refractivity contribution in [2.24, 2.45) is 0 Å². The fourth-order valence-corrected chi connectivity index (χ4v) is 8.40. The van der Waals surface area contributed by atoms with Crippen molar-refractivity contribution < 1.29 is 73.7 Å². The first kappa shape index (κ1) is 51.3. The minimum Gasteiger partial charge on any atom is -0.748 e. The minimum absolute atomic E-state index is 0.00810. The summed E-state index contributed by atoms with van der Waals surface area (Å²) in [4.78, 5) is 60.2. The van der Waals surface area contributed by atoms with Gasteiger partial charge in [-0.2, -0.15) is 0 Å². The van der Waals surface area contributed by atoms with Crippen LogP contribution in [0.1, 0.15) is 68.1 Å². The lowest BCUT2D eigenvalue weighted by atomic mass is 9.89. The molecule has 0 aliphatic carbocycles. The lowest BCUT2D eigenvalue weighted by molar-refractivity contribution is -0.870. The second kappa shape index (κ2) is 20.8. The summed E-state index contributed by atoms with van der Waals surface area (Å²) in [5.41, 5.74) is 1.76. The molecule has 2 aliphatic heterocycles. The Kier molecular flexibility index (Phi) is 15.9. The second-order valence-electron chi connectivity index (χ2n) is 17.0. The van der Waals surface area contributed by atoms with Crippen LogP contribution in [-0.2, 0) is 30.9 Å². The number of allylic oxidation sites excluding steroid dienone is 2. The highest BCUT2D eigenvalue weighted by atomic mass is 32.2. The van der Waals surface area contributed by atoms with Crippen molar-refractivity contribution in [1.29, 1.82) is 0 Å². The molecule has 0 saturated carbocycles. The standard InChI is InChI=1S/C42H52BF2N7O14S/c1-26-20-31(49-35(26)23-36-29(10-8-18-52(4,5)6)21-27(2)48(36)43(49,44)45)13-16-40(53)47-34(25-67(60,61)62)41(54)46-17-9-19-64-39-24-37(51(58)59)33(22-38(39)63-7)28(3)65-42(55)66-32-14-11-30(12-15-32)50(56)57/h11-12,14-15,20-24,28,34H,8-10,13,16-19,25H2,1-7H3,(H2-,46,47,53,54,60,61,62). The lowest BCUT2D eigenvalue weighted by Gasteiger charge is -2.31. The number of fused-ring (bicyclic) bond motifs is 2. The molecule has 2 unspecified atom stereocenters. The zero-order chi connectivity index (χ0) is 49.6. The molecular formula is C42H52BF2N7O14S. The number of nitro groups is 2. The van der Waals surface area contributed by atoms with Crippen LogP contribution in [0, 0.1) is 27.2 Å². The smallest absolute Gasteiger partial charge is 0.737 e. The molecule has 0 bridgehead atoms. The summed E-state index contributed by atoms with van der Waals surface area (Å²) in [5.74, 6) is -3.39. The SMILES string of the molecule is COc1cc(C(C)OC(=O)Oc2ccc([N+](=O)[O-])cc2)c([N+](=O)[O-])cc1OCCCNC(=O)C(CS(=O)(=O)[O-])NC(=O)CCC1=[N+]2C(=Cc3c(CCC[N+](C)(C)C)cc(C)n3[B-]2(F)F)C(C)=C1. The molecule has 0 radical (unpaired) electrons. The number of aromatic nitrogens is 1. The summed E-state index contributed by atoms with van der Waals surface area (Å²) in [7, 11) is 2.37. The van der Waals surface area contributed by atoms with Crippen LogP contribution in [0.25, 0.3) is 6.08 Å². The van der Waals surface area contributed by atoms with Gasteiger partial charge < -0.3 is 56.2 Å². The average molecular weight is 960 g/mol. The number of benzene rings is 2. The van der Waals surface area contributed by atoms with Crippen molar-refractivity contribution in [2.75, 3.05) is 53.7 Å². The Morgan fingerprint density at radius 2 is 1.66 bits per heavy atom. The van der Waals surface area contributed by atoms with E-state index in [9.17, 15) is 47.6 Å². The Bertz CT molecular complexity index is 2650. The minimum atomic E-state index is -5.06. The van der Waals surface area contributed by atoms with Crippen LogP contribution in [0.15, 0.2) is 59.8 Å². The van der Waals surface area contributed by atoms with E-state index in [0.717, 1.165) is 62.3 Å². The van der Waals surface area contributed by atoms with E-state index in [1.807, 2.05) is 0 Å². The number of quaternary nitrogens is 1. The maximum atomic E-state index is 16.4. The molecule has 0 spiro atoms. The van der Waals surface area contributed by atoms with Gasteiger partial charge in [0.1, 0.15) is 23.6 Å². The first-order chi connectivity index (χ1) is 31.3. The number of nitrogens with one attached hydrogen (secondary N) is 2. The van der Waals surface area contributed by atoms with E-state index in [4.69, 9.17) is 18.9 Å². The first-order valence-electron chi connectivity index (χ1n) is 21.0. The molecule has 3 aromatic rings. The fraction of sp³-hybridized carbons (Fsp3) is 0.429. The number of hydrogen-bond donors (Lipinski definition) is 2. The fourth-order valence-electron chi connectivity index (χ4n) is 7.75. The highest BCUT2D eigenvalue weighted by Crippen LogP contribution is 2.40. The molecule has 2 atom stereocenters. The van der Waals surface area contributed by atoms with E-state index in [-0.39, 0.29) is 60.2 Å². The van der Waals surface area contributed by atoms with Crippen molar-refractivity contribution in [3.63, 3.8) is 0 Å². The molecule has 362 valence electrons. The summed E-state index contributed by atoms with van der Waals surface area (Å²) in [5, 5.41) is 27.6. The van der Waals surface area contributed by atoms with E-state index in [0.29, 0.717) is 29.1 Å². The molecule has 21 nitrogen and oxygen atoms in total. The topological polar surface area (TPSA) is 264 Å². The number of nitro benzene ring substituents is 2. The molecule has 2 N–H and O–H groups in total. The van der Waals surface area contributed by atoms with Gasteiger partial charge in [-0.15, -0.1) is 0 Å². The number of rotatable bonds is 22. The van der Waals surface area contributed by atoms with Crippen molar-refractivity contribution in [2.45, 2.75) is 65.0 Å². The molecule has 2 amide bonds. The van der Waals surface area contributed by atoms with Gasteiger partial charge in [0.05, 0.1) is 78.8 Å². The van der Waals surface area contributed by atoms with Gasteiger partial charge in [0.2, 0.25) is 11.8 Å². The third-order valence-electron chi connectivity index (χ3n) is 10.9. The van der Waals surface area contributed by atoms with Gasteiger partial charge in [0, 0.05) is 61.4 Å². The van der Waals surface area contributed by atoms with Gasteiger partial charge in [-0.1, -0.05) is 0 Å². The Hall–Kier alpha value is -6.73. The van der Waals surface area contributed by atoms with Crippen LogP contribution >= 0.6 is 0 Å². The predicted molar refractivity (Wildman–Crippen MR) is 238 cm³/mol. The number of nitrogens with zero attached hydrogens (tertiary/aromatic N) is 5. The predicted octanol–water partition coefficient (Wildman–Crippen LogP) is 4.92. The highest BCUT2D eigenvalue weighted by molar-refractivity contribution is 7.85. The lowest BCUT2D eigenvalue weighted by Crippen LogP contribution is -2.51. The highest BCUT2D eigenvalue weighted by Gasteiger charge is 2.53. The number of halogens is 2. The third-order valence-corrected chi connectivity index (χ3v) is 11.6. The van der Waals surface area contributed by atoms with Crippen LogP contribution in [0.2, 0.25) is 0 Å². The maximum Gasteiger partial charge on any atom is 0.737 e. The Balaban J connectivity index is 1.17. The van der Waals surface area contributed by atoms with Gasteiger partial charge >= 0.3 is 13.1 Å². The monoisotopic (exact) mass is 959 g/mol. The van der Waals surface area contributed by atoms with Crippen molar-refractivity contribution >= 4 is 58.2 Å². The average Bonchev–Trinajstić information content (AvgIpc) is 3.73. The van der Waals surface area contributed by atoms with Gasteiger partial charge in [0.25, 0.3) is 11.4 Å². The van der Waals surface area contributed by atoms with E-state index < -0.39 is 74.9 Å². The largest absolute Gasteiger partial charge is 0.748 e. The van der Waals surface area contributed by atoms with Crippen molar-refractivity contribution in [3.8, 4) is 17.2 Å². The van der Waals surface area contributed by atoms with Crippen molar-refractivity contribution in [1.82, 2.24) is 15.1 Å². The summed E-state index contributed by atoms with van der Waals surface area (Å²) in [6.07, 6.45) is 1.57. The number of methoxy groups -OCH3 is 1. The van der Waals surface area contributed by atoms with E-state index >= 15 is 8.63 Å². The van der Waals surface area contributed by atoms with Gasteiger partial charge in [-0.05, 0) is 69.1 Å². The molecule has 0 fully saturated rings. The first-order valence-corrected chi connectivity index (χ1v) is 22.6. The van der Waals surface area contributed by atoms with Crippen LogP contribution in [0.4, 0.5) is 24.8 Å². The number of carbonyl (C=O) groups excluding carboxylic acids is 3. The summed E-state index contributed by atoms with van der Waals surface area (Å²) < 4.78 is 92.1. The van der Waals surface area contributed by atoms with Crippen LogP contribution in [0.5, 0.6) is 17.2 Å². The molecular weight excluding hydrogens is 907 g/mol. The summed E-state index contributed by atoms with van der Waals surface area (Å²) in [6, 6.07) is 6.70. The van der Waals surface area contributed by atoms with E-state index in [2.05, 4.69) is 31.8 Å². The third kappa shape index (κ3) is 13.0. The number of non-ortho nitro benzene ring substituents is 1. The quantitative estimate of drug-likeness (QED) is 0.0198. The number of hydrogen-bond acceptors (Lipinski definition) is 14. The van der Waals surface area contributed by atoms with Gasteiger partial charge in [-0.3, -0.25) is 29.8 Å². The van der Waals surface area contributed by atoms with Crippen LogP contribution < -0.4 is 24.8 Å². The van der Waals surface area contributed by atoms with Gasteiger partial charge in [0.15, 0.2) is 17.2 Å². The molecule has 2 aromatic carbocycles. The maximum absolute atomic E-state index is 16.4. The number of aryl methyl sites for hydroxylation is 2. The number of amides is 2. The molecule has 0 saturated heterocycles. The molecule has 67 heavy (non-hydrogen) atoms. The molecule has 3 heterocycles. The normalized spacial score (nSPS) is 15.0. The molecule has 1 aromatic heterocycles. The number of carbonyl (C=O) groups is 3. The molecule has 25 heteroatoms. The summed E-state index contributed by atoms with van der Waals surface area (Å²) >= 11 is 0. The van der Waals surface area contributed by atoms with Crippen LogP contribution in [-0.4, -0.2) is 127 Å². The Morgan fingerprint density at radius 3 is 2.27 bits per heavy atom. The van der Waals surface area contributed by atoms with Crippen molar-refractivity contribution in [3.05, 3.63) is 103 Å². The molecule has 5 rings (SSSR count). The zero-order valence-electron chi connectivity index (χ0n) is 37.9. The van der Waals surface area contributed by atoms with E-state index in [1.54, 1.807) is 32.1 Å². The van der Waals surface area contributed by atoms with Gasteiger partial charge in [-0.25, -0.2) is 13.2 Å². The molecule has 2 aliphatic rings. The number of ether oxygens (including phenoxy) is 4. The zero-order valence-corrected chi connectivity index (χ0v) is 38.7. The Morgan fingerprint density at radius 1 is 0.970 bits per heavy atom. The van der Waals surface area contributed by atoms with E-state index in [1.165, 1.54) is 20.1 Å².